The summed E-state index contributed by atoms with van der Waals surface area (Å²) < 4.78 is 5.41. The van der Waals surface area contributed by atoms with Crippen LogP contribution in [-0.4, -0.2) is 13.2 Å². The third-order valence-corrected chi connectivity index (χ3v) is 3.70. The summed E-state index contributed by atoms with van der Waals surface area (Å²) in [5.74, 6) is 1.53. The first-order valence-electron chi connectivity index (χ1n) is 5.52. The maximum atomic E-state index is 6.10. The fraction of sp³-hybridized carbons (Fsp3) is 0.538. The average Bonchev–Trinajstić information content (AvgIpc) is 2.91. The summed E-state index contributed by atoms with van der Waals surface area (Å²) in [6, 6.07) is 8.52. The van der Waals surface area contributed by atoms with Gasteiger partial charge in [-0.3, -0.25) is 0 Å². The van der Waals surface area contributed by atoms with Gasteiger partial charge in [-0.05, 0) is 18.4 Å². The van der Waals surface area contributed by atoms with Crippen molar-refractivity contribution < 1.29 is 4.74 Å². The summed E-state index contributed by atoms with van der Waals surface area (Å²) in [5, 5.41) is 0. The zero-order valence-corrected chi connectivity index (χ0v) is 9.66. The molecule has 0 heterocycles. The molecule has 2 unspecified atom stereocenters. The molecule has 82 valence electrons. The Morgan fingerprint density at radius 1 is 1.40 bits per heavy atom. The quantitative estimate of drug-likeness (QED) is 0.822. The second-order valence-electron chi connectivity index (χ2n) is 4.71. The molecule has 2 nitrogen and oxygen atoms in total. The highest BCUT2D eigenvalue weighted by Gasteiger charge is 2.56. The van der Waals surface area contributed by atoms with Gasteiger partial charge in [0, 0.05) is 17.0 Å². The minimum Gasteiger partial charge on any atom is -0.496 e. The van der Waals surface area contributed by atoms with E-state index < -0.39 is 0 Å². The van der Waals surface area contributed by atoms with Gasteiger partial charge in [-0.25, -0.2) is 0 Å². The Hall–Kier alpha value is -1.02. The zero-order chi connectivity index (χ0) is 11.1. The van der Waals surface area contributed by atoms with Crippen LogP contribution in [0.25, 0.3) is 0 Å². The smallest absolute Gasteiger partial charge is 0.122 e. The first-order valence-corrected chi connectivity index (χ1v) is 5.52. The number of para-hydroxylation sites is 1. The predicted molar refractivity (Wildman–Crippen MR) is 62.1 cm³/mol. The van der Waals surface area contributed by atoms with Gasteiger partial charge in [-0.1, -0.05) is 32.0 Å². The van der Waals surface area contributed by atoms with Gasteiger partial charge in [0.25, 0.3) is 0 Å². The van der Waals surface area contributed by atoms with Gasteiger partial charge in [0.05, 0.1) is 7.11 Å². The molecule has 1 fully saturated rings. The summed E-state index contributed by atoms with van der Waals surface area (Å²) in [6.45, 7) is 4.47. The molecular formula is C13H19NO. The second-order valence-corrected chi connectivity index (χ2v) is 4.71. The molecule has 2 heteroatoms. The lowest BCUT2D eigenvalue weighted by Gasteiger charge is -2.23. The molecule has 1 saturated carbocycles. The number of benzene rings is 1. The van der Waals surface area contributed by atoms with Crippen LogP contribution in [0, 0.1) is 5.92 Å². The molecule has 0 amide bonds. The van der Waals surface area contributed by atoms with Crippen LogP contribution in [0.3, 0.4) is 0 Å². The molecule has 15 heavy (non-hydrogen) atoms. The highest BCUT2D eigenvalue weighted by Crippen LogP contribution is 2.55. The lowest BCUT2D eigenvalue weighted by atomic mass is 9.83. The van der Waals surface area contributed by atoms with E-state index in [4.69, 9.17) is 10.5 Å². The number of rotatable bonds is 3. The van der Waals surface area contributed by atoms with Crippen molar-refractivity contribution in [3.63, 3.8) is 0 Å². The van der Waals surface area contributed by atoms with E-state index in [9.17, 15) is 0 Å². The van der Waals surface area contributed by atoms with Crippen LogP contribution < -0.4 is 10.5 Å². The SMILES string of the molecule is COc1ccccc1C1(C(C)C)CC1N. The number of hydrogen-bond acceptors (Lipinski definition) is 2. The van der Waals surface area contributed by atoms with Gasteiger partial charge in [0.15, 0.2) is 0 Å². The van der Waals surface area contributed by atoms with Crippen molar-refractivity contribution in [3.05, 3.63) is 29.8 Å². The molecule has 2 atom stereocenters. The highest BCUT2D eigenvalue weighted by molar-refractivity contribution is 5.46. The molecule has 0 radical (unpaired) electrons. The Kier molecular flexibility index (Phi) is 2.47. The molecule has 0 saturated heterocycles. The number of ether oxygens (including phenoxy) is 1. The molecule has 0 aromatic heterocycles. The first kappa shape index (κ1) is 10.5. The molecule has 0 spiro atoms. The van der Waals surface area contributed by atoms with E-state index >= 15 is 0 Å². The Balaban J connectivity index is 2.44. The van der Waals surface area contributed by atoms with Gasteiger partial charge < -0.3 is 10.5 Å². The second kappa shape index (κ2) is 3.53. The van der Waals surface area contributed by atoms with Crippen molar-refractivity contribution in [1.82, 2.24) is 0 Å². The minimum absolute atomic E-state index is 0.145. The van der Waals surface area contributed by atoms with Crippen LogP contribution in [0.15, 0.2) is 24.3 Å². The van der Waals surface area contributed by atoms with Crippen LogP contribution in [0.2, 0.25) is 0 Å². The summed E-state index contributed by atoms with van der Waals surface area (Å²) in [6.07, 6.45) is 1.07. The van der Waals surface area contributed by atoms with E-state index in [0.29, 0.717) is 5.92 Å². The molecule has 1 aliphatic rings. The van der Waals surface area contributed by atoms with Crippen LogP contribution in [0.5, 0.6) is 5.75 Å². The molecule has 0 aliphatic heterocycles. The van der Waals surface area contributed by atoms with Crippen LogP contribution in [0.4, 0.5) is 0 Å². The van der Waals surface area contributed by atoms with E-state index in [2.05, 4.69) is 26.0 Å². The maximum absolute atomic E-state index is 6.10. The molecule has 1 aromatic carbocycles. The highest BCUT2D eigenvalue weighted by atomic mass is 16.5. The van der Waals surface area contributed by atoms with Crippen molar-refractivity contribution in [3.8, 4) is 5.75 Å². The third kappa shape index (κ3) is 1.44. The van der Waals surface area contributed by atoms with Crippen molar-refractivity contribution in [1.29, 1.82) is 0 Å². The Labute approximate surface area is 91.4 Å². The minimum atomic E-state index is 0.145. The van der Waals surface area contributed by atoms with Gasteiger partial charge in [-0.15, -0.1) is 0 Å². The topological polar surface area (TPSA) is 35.2 Å². The van der Waals surface area contributed by atoms with Crippen LogP contribution in [-0.2, 0) is 5.41 Å². The number of nitrogens with two attached hydrogens (primary N) is 1. The Bertz CT molecular complexity index is 361. The summed E-state index contributed by atoms with van der Waals surface area (Å²) in [4.78, 5) is 0. The van der Waals surface area contributed by atoms with Gasteiger partial charge in [0.1, 0.15) is 5.75 Å². The van der Waals surface area contributed by atoms with E-state index in [1.54, 1.807) is 7.11 Å². The molecule has 1 aliphatic carbocycles. The summed E-state index contributed by atoms with van der Waals surface area (Å²) >= 11 is 0. The zero-order valence-electron chi connectivity index (χ0n) is 9.66. The molecule has 2 N–H and O–H groups in total. The fourth-order valence-electron chi connectivity index (χ4n) is 2.62. The van der Waals surface area contributed by atoms with Crippen molar-refractivity contribution >= 4 is 0 Å². The van der Waals surface area contributed by atoms with Gasteiger partial charge in [0.2, 0.25) is 0 Å². The van der Waals surface area contributed by atoms with E-state index in [-0.39, 0.29) is 11.5 Å². The Morgan fingerprint density at radius 3 is 2.47 bits per heavy atom. The lowest BCUT2D eigenvalue weighted by molar-refractivity contribution is 0.386. The molecule has 1 aromatic rings. The summed E-state index contributed by atoms with van der Waals surface area (Å²) in [7, 11) is 1.72. The van der Waals surface area contributed by atoms with Crippen molar-refractivity contribution in [2.24, 2.45) is 11.7 Å². The van der Waals surface area contributed by atoms with Crippen molar-refractivity contribution in [2.75, 3.05) is 7.11 Å². The average molecular weight is 205 g/mol. The number of methoxy groups -OCH3 is 1. The van der Waals surface area contributed by atoms with E-state index in [1.165, 1.54) is 5.56 Å². The number of hydrogen-bond donors (Lipinski definition) is 1. The van der Waals surface area contributed by atoms with Crippen LogP contribution >= 0.6 is 0 Å². The van der Waals surface area contributed by atoms with E-state index in [0.717, 1.165) is 12.2 Å². The molecule has 2 rings (SSSR count). The maximum Gasteiger partial charge on any atom is 0.122 e. The van der Waals surface area contributed by atoms with E-state index in [1.807, 2.05) is 12.1 Å². The standard InChI is InChI=1S/C13H19NO/c1-9(2)13(8-12(13)14)10-6-4-5-7-11(10)15-3/h4-7,9,12H,8,14H2,1-3H3. The fourth-order valence-corrected chi connectivity index (χ4v) is 2.62. The van der Waals surface area contributed by atoms with Gasteiger partial charge >= 0.3 is 0 Å². The van der Waals surface area contributed by atoms with Crippen molar-refractivity contribution in [2.45, 2.75) is 31.7 Å². The molecular weight excluding hydrogens is 186 g/mol. The van der Waals surface area contributed by atoms with Gasteiger partial charge in [-0.2, -0.15) is 0 Å². The largest absolute Gasteiger partial charge is 0.496 e. The third-order valence-electron chi connectivity index (χ3n) is 3.70. The monoisotopic (exact) mass is 205 g/mol. The predicted octanol–water partition coefficient (Wildman–Crippen LogP) is 2.32. The summed E-state index contributed by atoms with van der Waals surface area (Å²) in [5.41, 5.74) is 7.52. The Morgan fingerprint density at radius 2 is 2.00 bits per heavy atom. The first-order chi connectivity index (χ1) is 7.13. The lowest BCUT2D eigenvalue weighted by Crippen LogP contribution is -2.24. The normalized spacial score (nSPS) is 29.3. The molecule has 0 bridgehead atoms. The van der Waals surface area contributed by atoms with Crippen LogP contribution in [0.1, 0.15) is 25.8 Å².